The Morgan fingerprint density at radius 3 is 2.58 bits per heavy atom. The Kier molecular flexibility index (Phi) is 7.14. The van der Waals surface area contributed by atoms with Crippen LogP contribution in [0, 0.1) is 11.8 Å². The third kappa shape index (κ3) is 5.29. The molecule has 26 heavy (non-hydrogen) atoms. The predicted molar refractivity (Wildman–Crippen MR) is 86.6 cm³/mol. The summed E-state index contributed by atoms with van der Waals surface area (Å²) in [7, 11) is 1.29. The summed E-state index contributed by atoms with van der Waals surface area (Å²) in [5, 5.41) is 12.0. The van der Waals surface area contributed by atoms with Gasteiger partial charge in [0.2, 0.25) is 0 Å². The lowest BCUT2D eigenvalue weighted by molar-refractivity contribution is -0.144. The molecule has 144 valence electrons. The van der Waals surface area contributed by atoms with E-state index in [4.69, 9.17) is 9.47 Å². The number of rotatable bonds is 8. The number of hydrogen-bond donors (Lipinski definition) is 2. The third-order valence-electron chi connectivity index (χ3n) is 4.28. The zero-order chi connectivity index (χ0) is 19.1. The fourth-order valence-corrected chi connectivity index (χ4v) is 2.88. The molecule has 0 radical (unpaired) electrons. The number of alkyl halides is 2. The van der Waals surface area contributed by atoms with Crippen molar-refractivity contribution in [2.75, 3.05) is 26.9 Å². The van der Waals surface area contributed by atoms with Crippen LogP contribution in [0.4, 0.5) is 8.78 Å². The Hall–Kier alpha value is -2.42. The molecule has 2 rings (SSSR count). The van der Waals surface area contributed by atoms with Crippen molar-refractivity contribution in [2.45, 2.75) is 19.5 Å². The van der Waals surface area contributed by atoms with Crippen molar-refractivity contribution >= 4 is 11.9 Å². The van der Waals surface area contributed by atoms with Gasteiger partial charge in [-0.15, -0.1) is 0 Å². The summed E-state index contributed by atoms with van der Waals surface area (Å²) in [5.41, 5.74) is 0.0672. The summed E-state index contributed by atoms with van der Waals surface area (Å²) in [4.78, 5) is 23.8. The summed E-state index contributed by atoms with van der Waals surface area (Å²) >= 11 is 0. The van der Waals surface area contributed by atoms with E-state index in [0.29, 0.717) is 26.1 Å². The molecule has 1 aromatic rings. The standard InChI is InChI=1S/C17H21F2NO6/c1-24-13-3-2-11(8-14(13)26-17(18)19)15(21)20-9-12(16(22)23)10-4-6-25-7-5-10/h2-3,8,10,12,17H,4-7,9H2,1H3,(H,20,21)(H,22,23). The van der Waals surface area contributed by atoms with Crippen LogP contribution >= 0.6 is 0 Å². The van der Waals surface area contributed by atoms with Gasteiger partial charge < -0.3 is 24.6 Å². The van der Waals surface area contributed by atoms with E-state index in [-0.39, 0.29) is 29.5 Å². The molecule has 9 heteroatoms. The van der Waals surface area contributed by atoms with Gasteiger partial charge in [0.25, 0.3) is 5.91 Å². The summed E-state index contributed by atoms with van der Waals surface area (Å²) < 4.78 is 39.4. The number of benzene rings is 1. The molecule has 1 aromatic carbocycles. The Morgan fingerprint density at radius 2 is 2.00 bits per heavy atom. The number of halogens is 2. The minimum atomic E-state index is -3.06. The Balaban J connectivity index is 2.04. The van der Waals surface area contributed by atoms with Crippen molar-refractivity contribution in [3.8, 4) is 11.5 Å². The number of carboxylic acid groups (broad SMARTS) is 1. The zero-order valence-corrected chi connectivity index (χ0v) is 14.2. The molecule has 7 nitrogen and oxygen atoms in total. The van der Waals surface area contributed by atoms with Crippen LogP contribution < -0.4 is 14.8 Å². The number of carboxylic acids is 1. The minimum Gasteiger partial charge on any atom is -0.493 e. The largest absolute Gasteiger partial charge is 0.493 e. The molecule has 1 aliphatic rings. The molecular formula is C17H21F2NO6. The van der Waals surface area contributed by atoms with Crippen LogP contribution in [0.5, 0.6) is 11.5 Å². The number of hydrogen-bond acceptors (Lipinski definition) is 5. The number of carbonyl (C=O) groups excluding carboxylic acids is 1. The first kappa shape index (κ1) is 19.9. The van der Waals surface area contributed by atoms with Crippen LogP contribution in [0.25, 0.3) is 0 Å². The SMILES string of the molecule is COc1ccc(C(=O)NCC(C(=O)O)C2CCOCC2)cc1OC(F)F. The summed E-state index contributed by atoms with van der Waals surface area (Å²) in [5.74, 6) is -2.60. The van der Waals surface area contributed by atoms with Gasteiger partial charge in [-0.3, -0.25) is 9.59 Å². The van der Waals surface area contributed by atoms with Gasteiger partial charge in [0.05, 0.1) is 13.0 Å². The van der Waals surface area contributed by atoms with E-state index in [1.165, 1.54) is 19.2 Å². The highest BCUT2D eigenvalue weighted by Crippen LogP contribution is 2.29. The lowest BCUT2D eigenvalue weighted by Crippen LogP contribution is -2.39. The van der Waals surface area contributed by atoms with Crippen molar-refractivity contribution in [1.29, 1.82) is 0 Å². The molecule has 0 aromatic heterocycles. The van der Waals surface area contributed by atoms with E-state index in [9.17, 15) is 23.5 Å². The van der Waals surface area contributed by atoms with Crippen LogP contribution in [0.15, 0.2) is 18.2 Å². The zero-order valence-electron chi connectivity index (χ0n) is 14.2. The molecule has 2 N–H and O–H groups in total. The van der Waals surface area contributed by atoms with E-state index in [0.717, 1.165) is 6.07 Å². The van der Waals surface area contributed by atoms with Crippen molar-refractivity contribution in [2.24, 2.45) is 11.8 Å². The smallest absolute Gasteiger partial charge is 0.387 e. The normalized spacial score (nSPS) is 16.2. The fraction of sp³-hybridized carbons (Fsp3) is 0.529. The Bertz CT molecular complexity index is 634. The van der Waals surface area contributed by atoms with E-state index in [2.05, 4.69) is 10.1 Å². The second kappa shape index (κ2) is 9.33. The van der Waals surface area contributed by atoms with Crippen LogP contribution in [0.2, 0.25) is 0 Å². The van der Waals surface area contributed by atoms with Crippen LogP contribution in [-0.2, 0) is 9.53 Å². The van der Waals surface area contributed by atoms with Crippen molar-refractivity contribution in [3.05, 3.63) is 23.8 Å². The summed E-state index contributed by atoms with van der Waals surface area (Å²) in [6.45, 7) is -2.13. The number of ether oxygens (including phenoxy) is 3. The molecule has 0 aliphatic carbocycles. The fourth-order valence-electron chi connectivity index (χ4n) is 2.88. The molecule has 1 unspecified atom stereocenters. The highest BCUT2D eigenvalue weighted by Gasteiger charge is 2.30. The van der Waals surface area contributed by atoms with E-state index < -0.39 is 24.4 Å². The highest BCUT2D eigenvalue weighted by atomic mass is 19.3. The Labute approximate surface area is 149 Å². The van der Waals surface area contributed by atoms with E-state index in [1.54, 1.807) is 0 Å². The van der Waals surface area contributed by atoms with Gasteiger partial charge in [-0.1, -0.05) is 0 Å². The first-order valence-electron chi connectivity index (χ1n) is 8.14. The highest BCUT2D eigenvalue weighted by molar-refractivity contribution is 5.95. The molecule has 0 saturated carbocycles. The summed E-state index contributed by atoms with van der Waals surface area (Å²) in [6.07, 6.45) is 1.23. The maximum absolute atomic E-state index is 12.5. The van der Waals surface area contributed by atoms with Gasteiger partial charge >= 0.3 is 12.6 Å². The molecule has 1 fully saturated rings. The number of aliphatic carboxylic acids is 1. The topological polar surface area (TPSA) is 94.1 Å². The number of methoxy groups -OCH3 is 1. The van der Waals surface area contributed by atoms with E-state index >= 15 is 0 Å². The molecule has 1 amide bonds. The molecule has 0 bridgehead atoms. The van der Waals surface area contributed by atoms with Crippen LogP contribution in [-0.4, -0.2) is 50.5 Å². The minimum absolute atomic E-state index is 0.0596. The van der Waals surface area contributed by atoms with Gasteiger partial charge in [0.15, 0.2) is 11.5 Å². The van der Waals surface area contributed by atoms with Crippen LogP contribution in [0.1, 0.15) is 23.2 Å². The number of carbonyl (C=O) groups is 2. The monoisotopic (exact) mass is 373 g/mol. The second-order valence-electron chi connectivity index (χ2n) is 5.85. The molecule has 1 heterocycles. The third-order valence-corrected chi connectivity index (χ3v) is 4.28. The molecule has 1 atom stereocenters. The first-order valence-corrected chi connectivity index (χ1v) is 8.14. The molecular weight excluding hydrogens is 352 g/mol. The Morgan fingerprint density at radius 1 is 1.31 bits per heavy atom. The average molecular weight is 373 g/mol. The number of nitrogens with one attached hydrogen (secondary N) is 1. The van der Waals surface area contributed by atoms with E-state index in [1.807, 2.05) is 0 Å². The van der Waals surface area contributed by atoms with Gasteiger partial charge in [-0.05, 0) is 37.0 Å². The van der Waals surface area contributed by atoms with Crippen LogP contribution in [0.3, 0.4) is 0 Å². The van der Waals surface area contributed by atoms with Gasteiger partial charge in [0.1, 0.15) is 0 Å². The number of amides is 1. The first-order chi connectivity index (χ1) is 12.4. The predicted octanol–water partition coefficient (Wildman–Crippen LogP) is 2.15. The van der Waals surface area contributed by atoms with Crippen molar-refractivity contribution < 1.29 is 37.7 Å². The quantitative estimate of drug-likeness (QED) is 0.725. The molecule has 1 aliphatic heterocycles. The van der Waals surface area contributed by atoms with Crippen molar-refractivity contribution in [3.63, 3.8) is 0 Å². The lowest BCUT2D eigenvalue weighted by Gasteiger charge is -2.27. The van der Waals surface area contributed by atoms with Gasteiger partial charge in [-0.2, -0.15) is 8.78 Å². The molecule has 1 saturated heterocycles. The lowest BCUT2D eigenvalue weighted by atomic mass is 9.86. The second-order valence-corrected chi connectivity index (χ2v) is 5.85. The van der Waals surface area contributed by atoms with Crippen molar-refractivity contribution in [1.82, 2.24) is 5.32 Å². The molecule has 0 spiro atoms. The average Bonchev–Trinajstić information content (AvgIpc) is 2.61. The maximum atomic E-state index is 12.5. The van der Waals surface area contributed by atoms with Gasteiger partial charge in [0, 0.05) is 25.3 Å². The van der Waals surface area contributed by atoms with Gasteiger partial charge in [-0.25, -0.2) is 0 Å². The summed E-state index contributed by atoms with van der Waals surface area (Å²) in [6, 6.07) is 3.85. The maximum Gasteiger partial charge on any atom is 0.387 e.